The molecule has 0 aliphatic heterocycles. The minimum atomic E-state index is -0.837. The molecule has 108 valence electrons. The maximum absolute atomic E-state index is 12.1. The van der Waals surface area contributed by atoms with Crippen molar-refractivity contribution in [2.75, 3.05) is 0 Å². The van der Waals surface area contributed by atoms with E-state index in [1.807, 2.05) is 0 Å². The molecule has 0 saturated carbocycles. The Morgan fingerprint density at radius 1 is 1.05 bits per heavy atom. The lowest BCUT2D eigenvalue weighted by Crippen LogP contribution is -2.18. The minimum Gasteiger partial charge on any atom is -0.423 e. The molecule has 0 saturated heterocycles. The van der Waals surface area contributed by atoms with Crippen LogP contribution in [0.5, 0.6) is 5.75 Å². The topological polar surface area (TPSA) is 85.9 Å². The Bertz CT molecular complexity index is 915. The van der Waals surface area contributed by atoms with Crippen molar-refractivity contribution >= 4 is 22.6 Å². The van der Waals surface area contributed by atoms with Gasteiger partial charge < -0.3 is 9.15 Å². The molecule has 1 heterocycles. The third-order valence-electron chi connectivity index (χ3n) is 3.00. The quantitative estimate of drug-likeness (QED) is 0.320. The van der Waals surface area contributed by atoms with Crippen LogP contribution in [-0.4, -0.2) is 5.97 Å². The van der Waals surface area contributed by atoms with E-state index in [4.69, 9.17) is 9.15 Å². The van der Waals surface area contributed by atoms with Gasteiger partial charge in [-0.05, 0) is 35.5 Å². The summed E-state index contributed by atoms with van der Waals surface area (Å²) in [5.74, 6) is -0.480. The number of ether oxygens (including phenoxy) is 1. The molecule has 0 atom stereocenters. The number of nitrogens with zero attached hydrogens (tertiary/aromatic N) is 1. The SMILES string of the molecule is O=Nc1ccc2cc(C(=O)Oc3ccccc3)c(=O)oc2c1. The molecule has 0 amide bonds. The van der Waals surface area contributed by atoms with E-state index in [2.05, 4.69) is 5.18 Å². The van der Waals surface area contributed by atoms with Gasteiger partial charge in [0.05, 0.1) is 0 Å². The van der Waals surface area contributed by atoms with E-state index in [9.17, 15) is 14.5 Å². The Labute approximate surface area is 123 Å². The molecule has 22 heavy (non-hydrogen) atoms. The summed E-state index contributed by atoms with van der Waals surface area (Å²) in [6.45, 7) is 0. The Hall–Kier alpha value is -3.28. The van der Waals surface area contributed by atoms with Crippen LogP contribution < -0.4 is 10.4 Å². The summed E-state index contributed by atoms with van der Waals surface area (Å²) in [6, 6.07) is 14.1. The van der Waals surface area contributed by atoms with Gasteiger partial charge in [0.15, 0.2) is 0 Å². The summed E-state index contributed by atoms with van der Waals surface area (Å²) in [7, 11) is 0. The van der Waals surface area contributed by atoms with Crippen molar-refractivity contribution in [1.82, 2.24) is 0 Å². The van der Waals surface area contributed by atoms with Gasteiger partial charge in [-0.1, -0.05) is 18.2 Å². The van der Waals surface area contributed by atoms with Crippen LogP contribution in [0.2, 0.25) is 0 Å². The number of carbonyl (C=O) groups excluding carboxylic acids is 1. The Morgan fingerprint density at radius 2 is 1.82 bits per heavy atom. The molecule has 0 N–H and O–H groups in total. The lowest BCUT2D eigenvalue weighted by atomic mass is 10.1. The van der Waals surface area contributed by atoms with Crippen molar-refractivity contribution < 1.29 is 13.9 Å². The van der Waals surface area contributed by atoms with Crippen LogP contribution in [0.3, 0.4) is 0 Å². The van der Waals surface area contributed by atoms with Gasteiger partial charge in [0, 0.05) is 11.5 Å². The summed E-state index contributed by atoms with van der Waals surface area (Å²) >= 11 is 0. The second-order valence-electron chi connectivity index (χ2n) is 4.46. The van der Waals surface area contributed by atoms with E-state index >= 15 is 0 Å². The highest BCUT2D eigenvalue weighted by molar-refractivity contribution is 5.94. The average molecular weight is 295 g/mol. The van der Waals surface area contributed by atoms with Gasteiger partial charge in [0.1, 0.15) is 22.6 Å². The first-order valence-corrected chi connectivity index (χ1v) is 6.36. The molecule has 0 radical (unpaired) electrons. The lowest BCUT2D eigenvalue weighted by molar-refractivity contribution is 0.0730. The van der Waals surface area contributed by atoms with Crippen LogP contribution >= 0.6 is 0 Å². The van der Waals surface area contributed by atoms with E-state index < -0.39 is 11.6 Å². The van der Waals surface area contributed by atoms with Crippen molar-refractivity contribution in [3.63, 3.8) is 0 Å². The third-order valence-corrected chi connectivity index (χ3v) is 3.00. The molecular formula is C16H9NO5. The number of rotatable bonds is 3. The zero-order chi connectivity index (χ0) is 15.5. The summed E-state index contributed by atoms with van der Waals surface area (Å²) in [5.41, 5.74) is -0.742. The highest BCUT2D eigenvalue weighted by atomic mass is 16.5. The van der Waals surface area contributed by atoms with E-state index in [1.54, 1.807) is 30.3 Å². The molecule has 0 aliphatic rings. The van der Waals surface area contributed by atoms with E-state index in [1.165, 1.54) is 24.3 Å². The van der Waals surface area contributed by atoms with Crippen molar-refractivity contribution in [1.29, 1.82) is 0 Å². The summed E-state index contributed by atoms with van der Waals surface area (Å²) in [5, 5.41) is 3.25. The smallest absolute Gasteiger partial charge is 0.351 e. The van der Waals surface area contributed by atoms with Gasteiger partial charge >= 0.3 is 11.6 Å². The summed E-state index contributed by atoms with van der Waals surface area (Å²) in [4.78, 5) is 34.4. The van der Waals surface area contributed by atoms with Gasteiger partial charge in [-0.25, -0.2) is 9.59 Å². The zero-order valence-corrected chi connectivity index (χ0v) is 11.2. The molecule has 3 aromatic rings. The predicted octanol–water partition coefficient (Wildman–Crippen LogP) is 3.41. The highest BCUT2D eigenvalue weighted by Gasteiger charge is 2.16. The van der Waals surface area contributed by atoms with Crippen molar-refractivity contribution in [3.8, 4) is 5.75 Å². The normalized spacial score (nSPS) is 10.4. The van der Waals surface area contributed by atoms with Gasteiger partial charge in [-0.3, -0.25) is 0 Å². The average Bonchev–Trinajstić information content (AvgIpc) is 2.54. The number of hydrogen-bond donors (Lipinski definition) is 0. The zero-order valence-electron chi connectivity index (χ0n) is 11.2. The second-order valence-corrected chi connectivity index (χ2v) is 4.46. The van der Waals surface area contributed by atoms with Gasteiger partial charge in [-0.2, -0.15) is 0 Å². The Balaban J connectivity index is 2.00. The molecule has 0 fully saturated rings. The van der Waals surface area contributed by atoms with E-state index in [-0.39, 0.29) is 16.8 Å². The molecular weight excluding hydrogens is 286 g/mol. The Kier molecular flexibility index (Phi) is 3.49. The van der Waals surface area contributed by atoms with Crippen LogP contribution in [-0.2, 0) is 0 Å². The fourth-order valence-electron chi connectivity index (χ4n) is 1.95. The van der Waals surface area contributed by atoms with Crippen LogP contribution in [0.4, 0.5) is 5.69 Å². The highest BCUT2D eigenvalue weighted by Crippen LogP contribution is 2.21. The second kappa shape index (κ2) is 5.61. The van der Waals surface area contributed by atoms with Crippen molar-refractivity contribution in [2.24, 2.45) is 5.18 Å². The number of benzene rings is 2. The molecule has 6 heteroatoms. The van der Waals surface area contributed by atoms with Gasteiger partial charge in [0.25, 0.3) is 0 Å². The maximum atomic E-state index is 12.1. The van der Waals surface area contributed by atoms with Crippen molar-refractivity contribution in [2.45, 2.75) is 0 Å². The number of esters is 1. The molecule has 0 unspecified atom stereocenters. The van der Waals surface area contributed by atoms with Crippen molar-refractivity contribution in [3.05, 3.63) is 75.5 Å². The monoisotopic (exact) mass is 295 g/mol. The standard InChI is InChI=1S/C16H9NO5/c18-15(21-12-4-2-1-3-5-12)13-8-10-6-7-11(17-20)9-14(10)22-16(13)19/h1-9H. The summed E-state index contributed by atoms with van der Waals surface area (Å²) < 4.78 is 10.1. The number of carbonyl (C=O) groups is 1. The number of nitroso groups, excluding NO2 is 1. The molecule has 1 aromatic heterocycles. The molecule has 6 nitrogen and oxygen atoms in total. The molecule has 0 spiro atoms. The number of fused-ring (bicyclic) bond motifs is 1. The van der Waals surface area contributed by atoms with E-state index in [0.717, 1.165) is 0 Å². The van der Waals surface area contributed by atoms with Crippen LogP contribution in [0.15, 0.2) is 69.0 Å². The number of hydrogen-bond acceptors (Lipinski definition) is 6. The fourth-order valence-corrected chi connectivity index (χ4v) is 1.95. The molecule has 3 rings (SSSR count). The fraction of sp³-hybridized carbons (Fsp3) is 0. The molecule has 0 aliphatic carbocycles. The minimum absolute atomic E-state index is 0.135. The largest absolute Gasteiger partial charge is 0.423 e. The summed E-state index contributed by atoms with van der Waals surface area (Å²) in [6.07, 6.45) is 0. The lowest BCUT2D eigenvalue weighted by Gasteiger charge is -2.04. The van der Waals surface area contributed by atoms with Crippen LogP contribution in [0.25, 0.3) is 11.0 Å². The van der Waals surface area contributed by atoms with Gasteiger partial charge in [0.2, 0.25) is 0 Å². The predicted molar refractivity (Wildman–Crippen MR) is 79.3 cm³/mol. The van der Waals surface area contributed by atoms with Crippen LogP contribution in [0.1, 0.15) is 10.4 Å². The first-order chi connectivity index (χ1) is 10.7. The molecule has 0 bridgehead atoms. The third kappa shape index (κ3) is 2.62. The maximum Gasteiger partial charge on any atom is 0.351 e. The van der Waals surface area contributed by atoms with Gasteiger partial charge in [-0.15, -0.1) is 4.91 Å². The van der Waals surface area contributed by atoms with Crippen LogP contribution in [0, 0.1) is 4.91 Å². The molecule has 2 aromatic carbocycles. The Morgan fingerprint density at radius 3 is 2.55 bits per heavy atom. The number of para-hydroxylation sites is 1. The first-order valence-electron chi connectivity index (χ1n) is 6.36. The first kappa shape index (κ1) is 13.7. The van der Waals surface area contributed by atoms with E-state index in [0.29, 0.717) is 11.1 Å².